The zero-order valence-corrected chi connectivity index (χ0v) is 15.7. The zero-order chi connectivity index (χ0) is 17.2. The van der Waals surface area contributed by atoms with Crippen molar-refractivity contribution in [3.05, 3.63) is 63.2 Å². The number of halogens is 1. The first-order valence-electron chi connectivity index (χ1n) is 6.86. The van der Waals surface area contributed by atoms with Crippen LogP contribution in [0.1, 0.15) is 28.9 Å². The van der Waals surface area contributed by atoms with Crippen LogP contribution in [-0.4, -0.2) is 26.3 Å². The maximum Gasteiger partial charge on any atom is 0.255 e. The van der Waals surface area contributed by atoms with Gasteiger partial charge in [0.05, 0.1) is 16.5 Å². The average Bonchev–Trinajstić information content (AvgIpc) is 2.52. The van der Waals surface area contributed by atoms with Crippen molar-refractivity contribution in [2.24, 2.45) is 5.14 Å². The number of hydrogen-bond acceptors (Lipinski definition) is 3. The van der Waals surface area contributed by atoms with Gasteiger partial charge in [-0.05, 0) is 59.3 Å². The van der Waals surface area contributed by atoms with Gasteiger partial charge >= 0.3 is 0 Å². The highest BCUT2D eigenvalue weighted by Gasteiger charge is 2.20. The number of amides is 1. The number of carbonyl (C=O) groups is 1. The minimum Gasteiger partial charge on any atom is -0.335 e. The summed E-state index contributed by atoms with van der Waals surface area (Å²) in [6, 6.07) is 13.4. The van der Waals surface area contributed by atoms with Gasteiger partial charge in [-0.3, -0.25) is 4.79 Å². The Bertz CT molecular complexity index is 819. The quantitative estimate of drug-likeness (QED) is 0.737. The van der Waals surface area contributed by atoms with Crippen LogP contribution >= 0.6 is 22.6 Å². The van der Waals surface area contributed by atoms with Crippen LogP contribution in [0.25, 0.3) is 0 Å². The lowest BCUT2D eigenvalue weighted by molar-refractivity contribution is 0.0741. The fourth-order valence-electron chi connectivity index (χ4n) is 2.16. The molecular weight excluding hydrogens is 427 g/mol. The van der Waals surface area contributed by atoms with E-state index in [4.69, 9.17) is 5.14 Å². The lowest BCUT2D eigenvalue weighted by atomic mass is 10.1. The van der Waals surface area contributed by atoms with Gasteiger partial charge in [-0.15, -0.1) is 0 Å². The summed E-state index contributed by atoms with van der Waals surface area (Å²) in [5.41, 5.74) is 1.47. The maximum atomic E-state index is 12.6. The van der Waals surface area contributed by atoms with E-state index in [1.165, 1.54) is 12.1 Å². The summed E-state index contributed by atoms with van der Waals surface area (Å²) in [6.07, 6.45) is 0. The van der Waals surface area contributed by atoms with Gasteiger partial charge in [0.25, 0.3) is 5.91 Å². The van der Waals surface area contributed by atoms with Gasteiger partial charge in [0.1, 0.15) is 0 Å². The number of carbonyl (C=O) groups excluding carboxylic acids is 1. The monoisotopic (exact) mass is 444 g/mol. The largest absolute Gasteiger partial charge is 0.335 e. The third-order valence-electron chi connectivity index (χ3n) is 3.70. The van der Waals surface area contributed by atoms with Crippen molar-refractivity contribution in [2.45, 2.75) is 17.9 Å². The smallest absolute Gasteiger partial charge is 0.255 e. The molecule has 122 valence electrons. The summed E-state index contributed by atoms with van der Waals surface area (Å²) < 4.78 is 23.5. The van der Waals surface area contributed by atoms with Gasteiger partial charge in [0, 0.05) is 10.6 Å². The van der Waals surface area contributed by atoms with E-state index in [0.717, 1.165) is 9.13 Å². The highest BCUT2D eigenvalue weighted by Crippen LogP contribution is 2.23. The molecule has 0 heterocycles. The molecule has 2 aromatic rings. The van der Waals surface area contributed by atoms with Crippen molar-refractivity contribution in [1.82, 2.24) is 4.90 Å². The average molecular weight is 444 g/mol. The Morgan fingerprint density at radius 2 is 1.70 bits per heavy atom. The molecule has 2 rings (SSSR count). The van der Waals surface area contributed by atoms with Crippen LogP contribution in [-0.2, 0) is 10.0 Å². The predicted octanol–water partition coefficient (Wildman–Crippen LogP) is 2.77. The molecule has 0 unspecified atom stereocenters. The van der Waals surface area contributed by atoms with Gasteiger partial charge in [0.15, 0.2) is 0 Å². The summed E-state index contributed by atoms with van der Waals surface area (Å²) in [6.45, 7) is 1.89. The number of nitrogens with two attached hydrogens (primary N) is 1. The summed E-state index contributed by atoms with van der Waals surface area (Å²) in [4.78, 5) is 14.3. The van der Waals surface area contributed by atoms with Crippen LogP contribution in [0.2, 0.25) is 0 Å². The molecule has 1 atom stereocenters. The lowest BCUT2D eigenvalue weighted by Gasteiger charge is -2.26. The Balaban J connectivity index is 2.24. The topological polar surface area (TPSA) is 80.5 Å². The Hall–Kier alpha value is -1.45. The Morgan fingerprint density at radius 1 is 1.13 bits per heavy atom. The van der Waals surface area contributed by atoms with E-state index in [2.05, 4.69) is 22.6 Å². The summed E-state index contributed by atoms with van der Waals surface area (Å²) in [5, 5.41) is 5.09. The van der Waals surface area contributed by atoms with Crippen LogP contribution < -0.4 is 5.14 Å². The predicted molar refractivity (Wildman–Crippen MR) is 97.5 cm³/mol. The molecule has 0 aliphatic rings. The molecule has 1 amide bonds. The van der Waals surface area contributed by atoms with Crippen LogP contribution in [0.4, 0.5) is 0 Å². The summed E-state index contributed by atoms with van der Waals surface area (Å²) in [5.74, 6) is -0.0852. The molecule has 23 heavy (non-hydrogen) atoms. The van der Waals surface area contributed by atoms with Gasteiger partial charge in [0.2, 0.25) is 10.0 Å². The molecule has 0 aliphatic heterocycles. The van der Waals surface area contributed by atoms with E-state index in [1.807, 2.05) is 25.1 Å². The van der Waals surface area contributed by atoms with E-state index in [9.17, 15) is 13.2 Å². The minimum absolute atomic E-state index is 0.0556. The first kappa shape index (κ1) is 17.9. The molecule has 2 aromatic carbocycles. The second-order valence-corrected chi connectivity index (χ2v) is 7.91. The van der Waals surface area contributed by atoms with Crippen LogP contribution in [0.3, 0.4) is 0 Å². The highest BCUT2D eigenvalue weighted by molar-refractivity contribution is 14.1. The molecule has 0 radical (unpaired) electrons. The first-order valence-corrected chi connectivity index (χ1v) is 9.49. The van der Waals surface area contributed by atoms with Gasteiger partial charge in [-0.1, -0.05) is 24.3 Å². The molecule has 0 bridgehead atoms. The Labute approximate surface area is 149 Å². The Morgan fingerprint density at radius 3 is 2.22 bits per heavy atom. The van der Waals surface area contributed by atoms with Crippen molar-refractivity contribution in [3.63, 3.8) is 0 Å². The molecular formula is C16H17IN2O3S. The summed E-state index contributed by atoms with van der Waals surface area (Å²) in [7, 11) is -1.99. The van der Waals surface area contributed by atoms with E-state index in [1.54, 1.807) is 30.1 Å². The molecule has 2 N–H and O–H groups in total. The fourth-order valence-corrected chi connectivity index (χ4v) is 3.29. The number of primary sulfonamides is 1. The Kier molecular flexibility index (Phi) is 5.43. The maximum absolute atomic E-state index is 12.6. The van der Waals surface area contributed by atoms with Crippen LogP contribution in [0.5, 0.6) is 0 Å². The molecule has 0 saturated heterocycles. The third-order valence-corrected chi connectivity index (χ3v) is 5.57. The number of rotatable bonds is 4. The third kappa shape index (κ3) is 4.10. The fraction of sp³-hybridized carbons (Fsp3) is 0.188. The van der Waals surface area contributed by atoms with Gasteiger partial charge in [-0.25, -0.2) is 13.6 Å². The second kappa shape index (κ2) is 6.98. The molecule has 0 aromatic heterocycles. The normalized spacial score (nSPS) is 12.7. The van der Waals surface area contributed by atoms with E-state index >= 15 is 0 Å². The highest BCUT2D eigenvalue weighted by atomic mass is 127. The molecule has 5 nitrogen and oxygen atoms in total. The number of sulfonamides is 1. The van der Waals surface area contributed by atoms with E-state index in [0.29, 0.717) is 5.56 Å². The molecule has 0 saturated carbocycles. The molecule has 0 fully saturated rings. The van der Waals surface area contributed by atoms with Gasteiger partial charge in [-0.2, -0.15) is 0 Å². The SMILES string of the molecule is C[C@H](c1ccc(S(N)(=O)=O)cc1)N(C)C(=O)c1ccccc1I. The van der Waals surface area contributed by atoms with Crippen LogP contribution in [0, 0.1) is 3.57 Å². The lowest BCUT2D eigenvalue weighted by Crippen LogP contribution is -2.30. The zero-order valence-electron chi connectivity index (χ0n) is 12.7. The van der Waals surface area contributed by atoms with E-state index < -0.39 is 10.0 Å². The van der Waals surface area contributed by atoms with Crippen molar-refractivity contribution in [1.29, 1.82) is 0 Å². The van der Waals surface area contributed by atoms with Crippen LogP contribution in [0.15, 0.2) is 53.4 Å². The number of benzene rings is 2. The van der Waals surface area contributed by atoms with E-state index in [-0.39, 0.29) is 16.8 Å². The summed E-state index contributed by atoms with van der Waals surface area (Å²) >= 11 is 2.13. The molecule has 0 spiro atoms. The van der Waals surface area contributed by atoms with Crippen molar-refractivity contribution >= 4 is 38.5 Å². The first-order chi connectivity index (χ1) is 10.7. The minimum atomic E-state index is -3.71. The second-order valence-electron chi connectivity index (χ2n) is 5.19. The molecule has 0 aliphatic carbocycles. The molecule has 7 heteroatoms. The number of hydrogen-bond donors (Lipinski definition) is 1. The van der Waals surface area contributed by atoms with Crippen molar-refractivity contribution in [3.8, 4) is 0 Å². The van der Waals surface area contributed by atoms with Gasteiger partial charge < -0.3 is 4.90 Å². The van der Waals surface area contributed by atoms with Crippen molar-refractivity contribution in [2.75, 3.05) is 7.05 Å². The standard InChI is InChI=1S/C16H17IN2O3S/c1-11(12-7-9-13(10-8-12)23(18,21)22)19(2)16(20)14-5-3-4-6-15(14)17/h3-11H,1-2H3,(H2,18,21,22)/t11-/m1/s1. The number of nitrogens with zero attached hydrogens (tertiary/aromatic N) is 1. The van der Waals surface area contributed by atoms with Crippen molar-refractivity contribution < 1.29 is 13.2 Å².